The first-order chi connectivity index (χ1) is 20.9. The van der Waals surface area contributed by atoms with Crippen molar-refractivity contribution in [2.75, 3.05) is 20.7 Å². The van der Waals surface area contributed by atoms with Gasteiger partial charge in [-0.15, -0.1) is 5.10 Å². The number of nitrogens with zero attached hydrogens (tertiary/aromatic N) is 3. The molecule has 3 aromatic rings. The van der Waals surface area contributed by atoms with E-state index in [-0.39, 0.29) is 40.7 Å². The number of hydrogen-bond donors (Lipinski definition) is 5. The lowest BCUT2D eigenvalue weighted by Crippen LogP contribution is -2.35. The minimum absolute atomic E-state index is 0.0553. The zero-order valence-corrected chi connectivity index (χ0v) is 25.2. The van der Waals surface area contributed by atoms with Crippen molar-refractivity contribution in [3.63, 3.8) is 0 Å². The lowest BCUT2D eigenvalue weighted by atomic mass is 9.88. The SMILES string of the molecule is CCOc1cc(C(NC2=CC(C)C(C(=N)N)C=C2)c2nn(-c3ccccc3C(=O)O)c(=O)[nH]2)ccc1OC(C)C(=O)N(C)C. The second-order valence-electron chi connectivity index (χ2n) is 10.6. The average Bonchev–Trinajstić information content (AvgIpc) is 3.37. The monoisotopic (exact) mass is 603 g/mol. The molecular weight excluding hydrogens is 566 g/mol. The van der Waals surface area contributed by atoms with Crippen LogP contribution in [0.15, 0.2) is 71.2 Å². The molecule has 0 saturated carbocycles. The van der Waals surface area contributed by atoms with Crippen molar-refractivity contribution in [2.24, 2.45) is 17.6 Å². The molecule has 232 valence electrons. The first-order valence-corrected chi connectivity index (χ1v) is 14.1. The Labute approximate surface area is 254 Å². The van der Waals surface area contributed by atoms with Crippen molar-refractivity contribution in [1.82, 2.24) is 25.0 Å². The summed E-state index contributed by atoms with van der Waals surface area (Å²) in [7, 11) is 3.29. The van der Waals surface area contributed by atoms with Gasteiger partial charge in [0.2, 0.25) is 0 Å². The fourth-order valence-electron chi connectivity index (χ4n) is 4.93. The number of carbonyl (C=O) groups excluding carboxylic acids is 1. The lowest BCUT2D eigenvalue weighted by Gasteiger charge is -2.26. The summed E-state index contributed by atoms with van der Waals surface area (Å²) in [6, 6.07) is 10.5. The molecule has 44 heavy (non-hydrogen) atoms. The van der Waals surface area contributed by atoms with Gasteiger partial charge in [-0.25, -0.2) is 9.59 Å². The van der Waals surface area contributed by atoms with Crippen LogP contribution < -0.4 is 26.2 Å². The van der Waals surface area contributed by atoms with Crippen molar-refractivity contribution in [1.29, 1.82) is 5.41 Å². The van der Waals surface area contributed by atoms with Crippen LogP contribution in [-0.4, -0.2) is 69.3 Å². The topological polar surface area (TPSA) is 189 Å². The van der Waals surface area contributed by atoms with E-state index >= 15 is 0 Å². The largest absolute Gasteiger partial charge is 0.490 e. The van der Waals surface area contributed by atoms with Gasteiger partial charge in [0.25, 0.3) is 5.91 Å². The number of H-pyrrole nitrogens is 1. The van der Waals surface area contributed by atoms with E-state index < -0.39 is 23.8 Å². The predicted molar refractivity (Wildman–Crippen MR) is 164 cm³/mol. The predicted octanol–water partition coefficient (Wildman–Crippen LogP) is 2.83. The molecule has 13 heteroatoms. The molecule has 0 fully saturated rings. The third kappa shape index (κ3) is 6.83. The van der Waals surface area contributed by atoms with Gasteiger partial charge in [0.15, 0.2) is 23.4 Å². The van der Waals surface area contributed by atoms with Crippen molar-refractivity contribution < 1.29 is 24.2 Å². The number of aromatic carboxylic acids is 1. The maximum Gasteiger partial charge on any atom is 0.348 e. The van der Waals surface area contributed by atoms with Crippen LogP contribution in [0.25, 0.3) is 5.69 Å². The Bertz CT molecular complexity index is 1670. The van der Waals surface area contributed by atoms with E-state index in [0.29, 0.717) is 29.4 Å². The van der Waals surface area contributed by atoms with Crippen molar-refractivity contribution in [3.05, 3.63) is 93.8 Å². The summed E-state index contributed by atoms with van der Waals surface area (Å²) in [5.41, 5.74) is 6.50. The Morgan fingerprint density at radius 2 is 1.95 bits per heavy atom. The van der Waals surface area contributed by atoms with Crippen LogP contribution in [0.2, 0.25) is 0 Å². The zero-order valence-electron chi connectivity index (χ0n) is 25.2. The van der Waals surface area contributed by atoms with Gasteiger partial charge in [-0.3, -0.25) is 15.2 Å². The number of nitrogens with one attached hydrogen (secondary N) is 3. The average molecular weight is 604 g/mol. The number of ether oxygens (including phenoxy) is 2. The minimum atomic E-state index is -1.20. The van der Waals surface area contributed by atoms with Crippen molar-refractivity contribution in [2.45, 2.75) is 32.9 Å². The summed E-state index contributed by atoms with van der Waals surface area (Å²) in [4.78, 5) is 41.7. The minimum Gasteiger partial charge on any atom is -0.490 e. The Balaban J connectivity index is 1.80. The van der Waals surface area contributed by atoms with Gasteiger partial charge in [0, 0.05) is 25.7 Å². The second kappa shape index (κ2) is 13.3. The van der Waals surface area contributed by atoms with Gasteiger partial charge in [-0.1, -0.05) is 37.3 Å². The van der Waals surface area contributed by atoms with Crippen LogP contribution in [0, 0.1) is 17.2 Å². The Hall–Kier alpha value is -5.33. The Morgan fingerprint density at radius 1 is 1.23 bits per heavy atom. The lowest BCUT2D eigenvalue weighted by molar-refractivity contribution is -0.135. The molecule has 1 amide bonds. The van der Waals surface area contributed by atoms with E-state index in [1.54, 1.807) is 51.4 Å². The number of para-hydroxylation sites is 1. The molecule has 0 bridgehead atoms. The van der Waals surface area contributed by atoms with Gasteiger partial charge >= 0.3 is 11.7 Å². The van der Waals surface area contributed by atoms with Crippen molar-refractivity contribution >= 4 is 17.7 Å². The first-order valence-electron chi connectivity index (χ1n) is 14.1. The maximum absolute atomic E-state index is 13.2. The number of allylic oxidation sites excluding steroid dienone is 2. The second-order valence-corrected chi connectivity index (χ2v) is 10.6. The number of aromatic amines is 1. The quantitative estimate of drug-likeness (QED) is 0.153. The number of amidine groups is 1. The number of carboxylic acids is 1. The molecule has 0 saturated heterocycles. The number of carbonyl (C=O) groups is 2. The van der Waals surface area contributed by atoms with Gasteiger partial charge in [0.05, 0.1) is 23.7 Å². The molecule has 6 N–H and O–H groups in total. The molecule has 1 aromatic heterocycles. The molecule has 4 rings (SSSR count). The Kier molecular flexibility index (Phi) is 9.57. The van der Waals surface area contributed by atoms with E-state index in [4.69, 9.17) is 20.6 Å². The molecule has 1 heterocycles. The molecule has 4 unspecified atom stereocenters. The number of benzene rings is 2. The smallest absolute Gasteiger partial charge is 0.348 e. The molecule has 0 aliphatic heterocycles. The van der Waals surface area contributed by atoms with Gasteiger partial charge in [0.1, 0.15) is 6.04 Å². The highest BCUT2D eigenvalue weighted by Gasteiger charge is 2.27. The summed E-state index contributed by atoms with van der Waals surface area (Å²) in [5, 5.41) is 25.5. The standard InChI is InChI=1S/C31H37N7O6/c1-6-43-25-16-19(11-14-24(25)44-18(3)29(39)37(4)5)26(34-20-12-13-21(27(32)33)17(2)15-20)28-35-31(42)38(36-28)23-10-8-7-9-22(23)30(40)41/h7-18,21,26,34H,6H2,1-5H3,(H3,32,33)(H,40,41)(H,35,36,42). The molecular formula is C31H37N7O6. The van der Waals surface area contributed by atoms with Crippen molar-refractivity contribution in [3.8, 4) is 17.2 Å². The van der Waals surface area contributed by atoms with E-state index in [0.717, 1.165) is 4.68 Å². The van der Waals surface area contributed by atoms with Crippen LogP contribution in [0.1, 0.15) is 48.6 Å². The van der Waals surface area contributed by atoms with E-state index in [9.17, 15) is 19.5 Å². The fraction of sp³-hybridized carbons (Fsp3) is 0.323. The molecule has 1 aliphatic carbocycles. The highest BCUT2D eigenvalue weighted by Crippen LogP contribution is 2.34. The summed E-state index contributed by atoms with van der Waals surface area (Å²) in [6.45, 7) is 5.74. The van der Waals surface area contributed by atoms with Crippen LogP contribution in [0.5, 0.6) is 11.5 Å². The summed E-state index contributed by atoms with van der Waals surface area (Å²) >= 11 is 0. The van der Waals surface area contributed by atoms with Crippen LogP contribution >= 0.6 is 0 Å². The van der Waals surface area contributed by atoms with Gasteiger partial charge in [-0.05, 0) is 55.7 Å². The number of rotatable bonds is 12. The fourth-order valence-corrected chi connectivity index (χ4v) is 4.93. The molecule has 1 aliphatic rings. The highest BCUT2D eigenvalue weighted by molar-refractivity contribution is 5.91. The number of amides is 1. The molecule has 2 aromatic carbocycles. The number of carboxylic acid groups (broad SMARTS) is 1. The van der Waals surface area contributed by atoms with Gasteiger partial charge < -0.3 is 30.5 Å². The van der Waals surface area contributed by atoms with Crippen LogP contribution in [-0.2, 0) is 4.79 Å². The normalized spacial score (nSPS) is 17.2. The number of likely N-dealkylation sites (N-methyl/N-ethyl adjacent to an activating group) is 1. The van der Waals surface area contributed by atoms with Crippen LogP contribution in [0.4, 0.5) is 0 Å². The summed E-state index contributed by atoms with van der Waals surface area (Å²) in [6.07, 6.45) is 4.81. The van der Waals surface area contributed by atoms with E-state index in [1.165, 1.54) is 17.0 Å². The maximum atomic E-state index is 13.2. The molecule has 0 spiro atoms. The third-order valence-electron chi connectivity index (χ3n) is 7.13. The number of aromatic nitrogens is 3. The van der Waals surface area contributed by atoms with Gasteiger partial charge in [-0.2, -0.15) is 4.68 Å². The third-order valence-corrected chi connectivity index (χ3v) is 7.13. The van der Waals surface area contributed by atoms with Crippen LogP contribution in [0.3, 0.4) is 0 Å². The number of nitrogens with two attached hydrogens (primary N) is 1. The molecule has 13 nitrogen and oxygen atoms in total. The number of hydrogen-bond acceptors (Lipinski definition) is 8. The van der Waals surface area contributed by atoms with E-state index in [2.05, 4.69) is 15.4 Å². The summed E-state index contributed by atoms with van der Waals surface area (Å²) < 4.78 is 12.9. The first kappa shape index (κ1) is 31.6. The van der Waals surface area contributed by atoms with E-state index in [1.807, 2.05) is 32.1 Å². The highest BCUT2D eigenvalue weighted by atomic mass is 16.5. The summed E-state index contributed by atoms with van der Waals surface area (Å²) in [5.74, 6) is -0.735. The molecule has 4 atom stereocenters. The zero-order chi connectivity index (χ0) is 32.1. The Morgan fingerprint density at radius 3 is 2.59 bits per heavy atom. The molecule has 0 radical (unpaired) electrons.